The van der Waals surface area contributed by atoms with Crippen molar-refractivity contribution in [2.24, 2.45) is 5.73 Å². The number of rotatable bonds is 1. The molecule has 2 atom stereocenters. The van der Waals surface area contributed by atoms with Gasteiger partial charge < -0.3 is 16.0 Å². The normalized spacial score (nSPS) is 33.3. The quantitative estimate of drug-likeness (QED) is 0.529. The summed E-state index contributed by atoms with van der Waals surface area (Å²) >= 11 is 0. The van der Waals surface area contributed by atoms with Crippen LogP contribution in [0.4, 0.5) is 4.79 Å². The fourth-order valence-corrected chi connectivity index (χ4v) is 1.87. The lowest BCUT2D eigenvalue weighted by Crippen LogP contribution is -2.47. The molecule has 3 N–H and O–H groups in total. The Bertz CT molecular complexity index is 241. The molecule has 12 heavy (non-hydrogen) atoms. The second-order valence-electron chi connectivity index (χ2n) is 3.29. The molecule has 5 nitrogen and oxygen atoms in total. The molecule has 0 aliphatic carbocycles. The minimum Gasteiger partial charge on any atom is -0.368 e. The van der Waals surface area contributed by atoms with Crippen LogP contribution in [0.25, 0.3) is 0 Å². The molecular formula is C7H11N3O2. The fourth-order valence-electron chi connectivity index (χ4n) is 1.87. The summed E-state index contributed by atoms with van der Waals surface area (Å²) in [6.07, 6.45) is 1.55. The van der Waals surface area contributed by atoms with Crippen LogP contribution in [0, 0.1) is 0 Å². The van der Waals surface area contributed by atoms with Crippen LogP contribution in [-0.4, -0.2) is 35.5 Å². The molecule has 5 heteroatoms. The molecule has 2 aliphatic heterocycles. The van der Waals surface area contributed by atoms with Crippen molar-refractivity contribution in [3.05, 3.63) is 0 Å². The minimum absolute atomic E-state index is 0.152. The molecule has 2 unspecified atom stereocenters. The van der Waals surface area contributed by atoms with Crippen molar-refractivity contribution in [1.82, 2.24) is 10.2 Å². The zero-order valence-electron chi connectivity index (χ0n) is 6.62. The van der Waals surface area contributed by atoms with Gasteiger partial charge in [-0.1, -0.05) is 0 Å². The van der Waals surface area contributed by atoms with E-state index in [0.717, 1.165) is 6.42 Å². The van der Waals surface area contributed by atoms with E-state index in [-0.39, 0.29) is 18.1 Å². The molecule has 2 heterocycles. The van der Waals surface area contributed by atoms with Crippen molar-refractivity contribution in [2.45, 2.75) is 24.9 Å². The van der Waals surface area contributed by atoms with Gasteiger partial charge in [0.1, 0.15) is 6.04 Å². The summed E-state index contributed by atoms with van der Waals surface area (Å²) in [5, 5.41) is 2.78. The van der Waals surface area contributed by atoms with Gasteiger partial charge in [0.05, 0.1) is 0 Å². The van der Waals surface area contributed by atoms with Crippen LogP contribution >= 0.6 is 0 Å². The van der Waals surface area contributed by atoms with E-state index in [1.165, 1.54) is 4.90 Å². The van der Waals surface area contributed by atoms with Crippen molar-refractivity contribution in [2.75, 3.05) is 6.54 Å². The largest absolute Gasteiger partial charge is 0.368 e. The van der Waals surface area contributed by atoms with E-state index in [4.69, 9.17) is 5.73 Å². The monoisotopic (exact) mass is 169 g/mol. The lowest BCUT2D eigenvalue weighted by molar-refractivity contribution is -0.122. The van der Waals surface area contributed by atoms with Crippen LogP contribution in [0.5, 0.6) is 0 Å². The van der Waals surface area contributed by atoms with Gasteiger partial charge in [-0.25, -0.2) is 4.79 Å². The molecule has 0 saturated carbocycles. The summed E-state index contributed by atoms with van der Waals surface area (Å²) in [6.45, 7) is 0.631. The van der Waals surface area contributed by atoms with Crippen molar-refractivity contribution in [3.8, 4) is 0 Å². The summed E-state index contributed by atoms with van der Waals surface area (Å²) in [6, 6.07) is -0.307. The Morgan fingerprint density at radius 3 is 3.00 bits per heavy atom. The first-order chi connectivity index (χ1) is 5.68. The van der Waals surface area contributed by atoms with Gasteiger partial charge in [0, 0.05) is 12.6 Å². The maximum absolute atomic E-state index is 11.2. The Hall–Kier alpha value is -1.26. The summed E-state index contributed by atoms with van der Waals surface area (Å²) < 4.78 is 0. The van der Waals surface area contributed by atoms with Crippen molar-refractivity contribution < 1.29 is 9.59 Å². The molecule has 0 aromatic carbocycles. The third-order valence-electron chi connectivity index (χ3n) is 2.50. The highest BCUT2D eigenvalue weighted by Crippen LogP contribution is 2.22. The minimum atomic E-state index is -0.398. The molecule has 3 amide bonds. The Kier molecular flexibility index (Phi) is 1.46. The molecule has 0 spiro atoms. The highest BCUT2D eigenvalue weighted by molar-refractivity contribution is 5.87. The number of carbonyl (C=O) groups is 2. The van der Waals surface area contributed by atoms with Gasteiger partial charge in [0.15, 0.2) is 0 Å². The van der Waals surface area contributed by atoms with Crippen LogP contribution in [0.2, 0.25) is 0 Å². The van der Waals surface area contributed by atoms with Crippen molar-refractivity contribution in [1.29, 1.82) is 0 Å². The van der Waals surface area contributed by atoms with Gasteiger partial charge in [-0.15, -0.1) is 0 Å². The first-order valence-electron chi connectivity index (χ1n) is 4.05. The van der Waals surface area contributed by atoms with E-state index in [0.29, 0.717) is 13.0 Å². The highest BCUT2D eigenvalue weighted by Gasteiger charge is 2.40. The topological polar surface area (TPSA) is 75.4 Å². The standard InChI is InChI=1S/C7H11N3O2/c8-6(11)5-2-1-4-3-10(5)7(12)9-4/h4-5H,1-3H2,(H2,8,11)(H,9,12). The Labute approximate surface area is 69.9 Å². The van der Waals surface area contributed by atoms with Gasteiger partial charge in [-0.2, -0.15) is 0 Å². The first-order valence-corrected chi connectivity index (χ1v) is 4.05. The summed E-state index contributed by atoms with van der Waals surface area (Å²) in [4.78, 5) is 23.6. The predicted molar refractivity (Wildman–Crippen MR) is 41.2 cm³/mol. The molecular weight excluding hydrogens is 158 g/mol. The molecule has 2 saturated heterocycles. The van der Waals surface area contributed by atoms with Crippen LogP contribution in [0.1, 0.15) is 12.8 Å². The van der Waals surface area contributed by atoms with Crippen LogP contribution in [0.3, 0.4) is 0 Å². The number of fused-ring (bicyclic) bond motifs is 2. The van der Waals surface area contributed by atoms with E-state index < -0.39 is 5.91 Å². The Balaban J connectivity index is 2.18. The number of primary amides is 1. The van der Waals surface area contributed by atoms with E-state index in [1.54, 1.807) is 0 Å². The van der Waals surface area contributed by atoms with Crippen molar-refractivity contribution in [3.63, 3.8) is 0 Å². The molecule has 2 aliphatic rings. The number of hydrogen-bond acceptors (Lipinski definition) is 2. The van der Waals surface area contributed by atoms with E-state index in [2.05, 4.69) is 5.32 Å². The van der Waals surface area contributed by atoms with Gasteiger partial charge in [0.2, 0.25) is 5.91 Å². The molecule has 0 aromatic heterocycles. The number of hydrogen-bond donors (Lipinski definition) is 2. The number of nitrogens with zero attached hydrogens (tertiary/aromatic N) is 1. The molecule has 0 radical (unpaired) electrons. The van der Waals surface area contributed by atoms with E-state index >= 15 is 0 Å². The highest BCUT2D eigenvalue weighted by atomic mass is 16.2. The van der Waals surface area contributed by atoms with Crippen LogP contribution in [0.15, 0.2) is 0 Å². The zero-order chi connectivity index (χ0) is 8.72. The second kappa shape index (κ2) is 2.36. The average molecular weight is 169 g/mol. The smallest absolute Gasteiger partial charge is 0.318 e. The number of nitrogens with one attached hydrogen (secondary N) is 1. The first kappa shape index (κ1) is 7.39. The van der Waals surface area contributed by atoms with Gasteiger partial charge in [0.25, 0.3) is 0 Å². The number of amides is 3. The third-order valence-corrected chi connectivity index (χ3v) is 2.50. The average Bonchev–Trinajstić information content (AvgIpc) is 2.28. The molecule has 2 fully saturated rings. The summed E-state index contributed by atoms with van der Waals surface area (Å²) in [5.74, 6) is -0.398. The van der Waals surface area contributed by atoms with E-state index in [9.17, 15) is 9.59 Å². The lowest BCUT2D eigenvalue weighted by atomic mass is 10.0. The summed E-state index contributed by atoms with van der Waals surface area (Å²) in [5.41, 5.74) is 5.15. The third kappa shape index (κ3) is 0.929. The Morgan fingerprint density at radius 2 is 2.33 bits per heavy atom. The van der Waals surface area contributed by atoms with Crippen LogP contribution < -0.4 is 11.1 Å². The maximum Gasteiger partial charge on any atom is 0.318 e. The van der Waals surface area contributed by atoms with Gasteiger partial charge >= 0.3 is 6.03 Å². The molecule has 0 aromatic rings. The van der Waals surface area contributed by atoms with E-state index in [1.807, 2.05) is 0 Å². The maximum atomic E-state index is 11.2. The van der Waals surface area contributed by atoms with Crippen molar-refractivity contribution >= 4 is 11.9 Å². The van der Waals surface area contributed by atoms with Gasteiger partial charge in [-0.3, -0.25) is 4.79 Å². The second-order valence-corrected chi connectivity index (χ2v) is 3.29. The molecule has 66 valence electrons. The fraction of sp³-hybridized carbons (Fsp3) is 0.714. The van der Waals surface area contributed by atoms with Crippen LogP contribution in [-0.2, 0) is 4.79 Å². The number of piperidine rings is 1. The molecule has 2 rings (SSSR count). The lowest BCUT2D eigenvalue weighted by Gasteiger charge is -2.27. The zero-order valence-corrected chi connectivity index (χ0v) is 6.62. The Morgan fingerprint density at radius 1 is 1.58 bits per heavy atom. The van der Waals surface area contributed by atoms with Gasteiger partial charge in [-0.05, 0) is 12.8 Å². The number of carbonyl (C=O) groups excluding carboxylic acids is 2. The SMILES string of the molecule is NC(=O)C1CCC2CN1C(=O)N2. The summed E-state index contributed by atoms with van der Waals surface area (Å²) in [7, 11) is 0. The number of urea groups is 1. The predicted octanol–water partition coefficient (Wildman–Crippen LogP) is -0.972. The molecule has 2 bridgehead atoms. The number of nitrogens with two attached hydrogens (primary N) is 1.